The number of nitrogens with zero attached hydrogens (tertiary/aromatic N) is 4. The number of allylic oxidation sites excluding steroid dienone is 1. The number of amides is 2. The molecule has 8 nitrogen and oxygen atoms in total. The zero-order chi connectivity index (χ0) is 31.0. The topological polar surface area (TPSA) is 106 Å². The minimum absolute atomic E-state index is 0.124. The van der Waals surface area contributed by atoms with E-state index in [9.17, 15) is 19.6 Å². The lowest BCUT2D eigenvalue weighted by Crippen LogP contribution is -2.53. The van der Waals surface area contributed by atoms with E-state index in [1.165, 1.54) is 27.0 Å². The van der Waals surface area contributed by atoms with Crippen LogP contribution >= 0.6 is 11.3 Å². The highest BCUT2D eigenvalue weighted by Gasteiger charge is 2.43. The summed E-state index contributed by atoms with van der Waals surface area (Å²) in [6.07, 6.45) is 5.36. The van der Waals surface area contributed by atoms with Gasteiger partial charge in [-0.1, -0.05) is 56.8 Å². The van der Waals surface area contributed by atoms with Crippen molar-refractivity contribution in [1.29, 1.82) is 5.26 Å². The molecular weight excluding hydrogens is 546 g/mol. The van der Waals surface area contributed by atoms with Gasteiger partial charge in [0, 0.05) is 30.3 Å². The van der Waals surface area contributed by atoms with Gasteiger partial charge in [0.15, 0.2) is 0 Å². The first kappa shape index (κ1) is 32.6. The third-order valence-electron chi connectivity index (χ3n) is 7.89. The van der Waals surface area contributed by atoms with Crippen LogP contribution in [0.2, 0.25) is 0 Å². The normalized spacial score (nSPS) is 18.5. The molecule has 9 heteroatoms. The number of aryl methyl sites for hydroxylation is 1. The summed E-state index contributed by atoms with van der Waals surface area (Å²) in [5.41, 5.74) is 6.96. The molecule has 0 aliphatic carbocycles. The number of carbonyl (C=O) groups excluding carboxylic acids is 3. The van der Waals surface area contributed by atoms with E-state index in [0.717, 1.165) is 18.4 Å². The van der Waals surface area contributed by atoms with E-state index < -0.39 is 12.1 Å². The fourth-order valence-corrected chi connectivity index (χ4v) is 6.22. The van der Waals surface area contributed by atoms with Crippen LogP contribution < -0.4 is 5.32 Å². The summed E-state index contributed by atoms with van der Waals surface area (Å²) in [6, 6.07) is 10.1. The maximum atomic E-state index is 13.1. The summed E-state index contributed by atoms with van der Waals surface area (Å²) in [4.78, 5) is 46.0. The number of aromatic nitrogens is 1. The molecule has 2 aliphatic heterocycles. The molecule has 3 heterocycles. The Balaban J connectivity index is 0.000000258. The van der Waals surface area contributed by atoms with Gasteiger partial charge in [-0.2, -0.15) is 5.26 Å². The monoisotopic (exact) mass is 587 g/mol. The molecule has 0 saturated carbocycles. The molecule has 0 bridgehead atoms. The molecule has 2 aliphatic rings. The highest BCUT2D eigenvalue weighted by molar-refractivity contribution is 7.13. The number of thiazole rings is 1. The maximum Gasteiger partial charge on any atom is 0.255 e. The third kappa shape index (κ3) is 6.94. The lowest BCUT2D eigenvalue weighted by Gasteiger charge is -2.34. The number of nitrogens with one attached hydrogen (secondary N) is 1. The molecule has 4 rings (SSSR count). The van der Waals surface area contributed by atoms with E-state index in [2.05, 4.69) is 61.1 Å². The first-order chi connectivity index (χ1) is 20.1. The predicted molar refractivity (Wildman–Crippen MR) is 167 cm³/mol. The van der Waals surface area contributed by atoms with Crippen LogP contribution in [-0.4, -0.2) is 65.1 Å². The molecule has 222 valence electrons. The number of rotatable bonds is 9. The van der Waals surface area contributed by atoms with Gasteiger partial charge < -0.3 is 19.9 Å². The summed E-state index contributed by atoms with van der Waals surface area (Å²) >= 11 is 1.70. The molecule has 42 heavy (non-hydrogen) atoms. The van der Waals surface area contributed by atoms with Gasteiger partial charge in [-0.15, -0.1) is 11.3 Å². The van der Waals surface area contributed by atoms with Crippen LogP contribution in [-0.2, 0) is 14.4 Å². The summed E-state index contributed by atoms with van der Waals surface area (Å²) < 4.78 is 0. The fraction of sp³-hybridized carbons (Fsp3) is 0.424. The molecule has 0 spiro atoms. The van der Waals surface area contributed by atoms with Gasteiger partial charge in [0.1, 0.15) is 12.3 Å². The van der Waals surface area contributed by atoms with Crippen LogP contribution in [0.15, 0.2) is 65.2 Å². The Morgan fingerprint density at radius 3 is 2.45 bits per heavy atom. The van der Waals surface area contributed by atoms with Crippen molar-refractivity contribution in [1.82, 2.24) is 20.1 Å². The molecule has 3 atom stereocenters. The SMILES string of the molecule is C=CC1=C(/C(C#N)=C\C)CN(C(C(=O)N2CCCC2C=O)C(C)C)C1=O.CNC(C)c1ccc(-c2scnc2C)cc1. The van der Waals surface area contributed by atoms with Crippen LogP contribution in [0.5, 0.6) is 0 Å². The number of aldehydes is 1. The maximum absolute atomic E-state index is 13.1. The van der Waals surface area contributed by atoms with E-state index >= 15 is 0 Å². The van der Waals surface area contributed by atoms with Crippen LogP contribution in [0.3, 0.4) is 0 Å². The van der Waals surface area contributed by atoms with Crippen LogP contribution in [0, 0.1) is 24.2 Å². The number of carbonyl (C=O) groups is 3. The van der Waals surface area contributed by atoms with Crippen LogP contribution in [0.25, 0.3) is 10.4 Å². The lowest BCUT2D eigenvalue weighted by molar-refractivity contribution is -0.146. The second-order valence-electron chi connectivity index (χ2n) is 10.8. The largest absolute Gasteiger partial charge is 0.331 e. The molecular formula is C33H41N5O3S. The van der Waals surface area contributed by atoms with E-state index in [1.54, 1.807) is 29.2 Å². The molecule has 0 radical (unpaired) electrons. The van der Waals surface area contributed by atoms with E-state index in [-0.39, 0.29) is 24.3 Å². The summed E-state index contributed by atoms with van der Waals surface area (Å²) in [5, 5.41) is 12.6. The average molecular weight is 588 g/mol. The smallest absolute Gasteiger partial charge is 0.255 e. The van der Waals surface area contributed by atoms with Crippen molar-refractivity contribution in [2.75, 3.05) is 20.1 Å². The van der Waals surface area contributed by atoms with E-state index in [4.69, 9.17) is 0 Å². The lowest BCUT2D eigenvalue weighted by atomic mass is 10.00. The highest BCUT2D eigenvalue weighted by atomic mass is 32.1. The molecule has 1 saturated heterocycles. The van der Waals surface area contributed by atoms with E-state index in [1.807, 2.05) is 26.4 Å². The Bertz CT molecular complexity index is 1400. The van der Waals surface area contributed by atoms with E-state index in [0.29, 0.717) is 35.7 Å². The molecule has 2 amide bonds. The Morgan fingerprint density at radius 1 is 1.26 bits per heavy atom. The van der Waals surface area contributed by atoms with Gasteiger partial charge in [-0.25, -0.2) is 4.98 Å². The standard InChI is InChI=1S/C20H25N3O3.C13H16N2S/c1-5-14(10-21)17-11-23(19(25)16(17)6-2)18(13(3)4)20(26)22-9-7-8-15(22)12-24;1-9(14-3)11-4-6-12(7-5-11)13-10(2)15-8-16-13/h5-6,12-13,15,18H,2,7-9,11H2,1,3-4H3;4-9,14H,1-3H3/b14-5-;. The van der Waals surface area contributed by atoms with Gasteiger partial charge in [0.2, 0.25) is 5.91 Å². The molecule has 1 aromatic carbocycles. The zero-order valence-electron chi connectivity index (χ0n) is 25.4. The number of benzene rings is 1. The average Bonchev–Trinajstić information content (AvgIpc) is 3.72. The van der Waals surface area contributed by atoms with Gasteiger partial charge in [0.25, 0.3) is 5.91 Å². The minimum Gasteiger partial charge on any atom is -0.331 e. The fourth-order valence-electron chi connectivity index (χ4n) is 5.41. The predicted octanol–water partition coefficient (Wildman–Crippen LogP) is 5.39. The Labute approximate surface area is 253 Å². The highest BCUT2D eigenvalue weighted by Crippen LogP contribution is 2.31. The quantitative estimate of drug-likeness (QED) is 0.311. The Morgan fingerprint density at radius 2 is 1.95 bits per heavy atom. The first-order valence-corrected chi connectivity index (χ1v) is 15.2. The van der Waals surface area contributed by atoms with Crippen LogP contribution in [0.4, 0.5) is 0 Å². The summed E-state index contributed by atoms with van der Waals surface area (Å²) in [7, 11) is 1.98. The molecule has 2 aromatic rings. The molecule has 1 fully saturated rings. The number of nitriles is 1. The molecule has 1 N–H and O–H groups in total. The van der Waals surface area contributed by atoms with Gasteiger partial charge >= 0.3 is 0 Å². The number of hydrogen-bond donors (Lipinski definition) is 1. The van der Waals surface area contributed by atoms with Crippen molar-refractivity contribution in [3.05, 3.63) is 76.5 Å². The van der Waals surface area contributed by atoms with Gasteiger partial charge in [-0.3, -0.25) is 9.59 Å². The Hall–Kier alpha value is -3.87. The van der Waals surface area contributed by atoms with Gasteiger partial charge in [0.05, 0.1) is 33.8 Å². The number of likely N-dealkylation sites (tertiary alicyclic amines) is 1. The first-order valence-electron chi connectivity index (χ1n) is 14.3. The van der Waals surface area contributed by atoms with Crippen molar-refractivity contribution in [2.45, 2.75) is 65.6 Å². The van der Waals surface area contributed by atoms with Crippen molar-refractivity contribution in [2.24, 2.45) is 5.92 Å². The van der Waals surface area contributed by atoms with Gasteiger partial charge in [-0.05, 0) is 57.7 Å². The van der Waals surface area contributed by atoms with Crippen molar-refractivity contribution < 1.29 is 14.4 Å². The summed E-state index contributed by atoms with van der Waals surface area (Å²) in [6.45, 7) is 14.1. The van der Waals surface area contributed by atoms with Crippen molar-refractivity contribution in [3.8, 4) is 16.5 Å². The zero-order valence-corrected chi connectivity index (χ0v) is 26.2. The molecule has 3 unspecified atom stereocenters. The van der Waals surface area contributed by atoms with Crippen LogP contribution in [0.1, 0.15) is 57.8 Å². The van der Waals surface area contributed by atoms with Crippen molar-refractivity contribution >= 4 is 29.4 Å². The Kier molecular flexibility index (Phi) is 11.5. The van der Waals surface area contributed by atoms with Crippen molar-refractivity contribution in [3.63, 3.8) is 0 Å². The number of hydrogen-bond acceptors (Lipinski definition) is 7. The second kappa shape index (κ2) is 14.9. The molecule has 1 aromatic heterocycles. The second-order valence-corrected chi connectivity index (χ2v) is 11.7. The minimum atomic E-state index is -0.674. The third-order valence-corrected chi connectivity index (χ3v) is 8.87. The summed E-state index contributed by atoms with van der Waals surface area (Å²) in [5.74, 6) is -0.619.